The predicted molar refractivity (Wildman–Crippen MR) is 63.9 cm³/mol. The zero-order valence-electron chi connectivity index (χ0n) is 8.78. The zero-order valence-corrected chi connectivity index (χ0v) is 10.4. The summed E-state index contributed by atoms with van der Waals surface area (Å²) < 4.78 is 13.3. The maximum absolute atomic E-state index is 13.0. The lowest BCUT2D eigenvalue weighted by Crippen LogP contribution is -2.34. The molecule has 1 aromatic rings. The number of rotatable bonds is 4. The highest BCUT2D eigenvalue weighted by atomic mass is 79.9. The number of carbonyl (C=O) groups excluding carboxylic acids is 1. The highest BCUT2D eigenvalue weighted by Gasteiger charge is 2.14. The van der Waals surface area contributed by atoms with Gasteiger partial charge in [0.15, 0.2) is 0 Å². The summed E-state index contributed by atoms with van der Waals surface area (Å²) in [6.07, 6.45) is -1.03. The molecule has 0 heterocycles. The van der Waals surface area contributed by atoms with Crippen LogP contribution in [0.2, 0.25) is 0 Å². The number of nitrogen functional groups attached to an aromatic ring is 1. The van der Waals surface area contributed by atoms with Crippen molar-refractivity contribution >= 4 is 27.5 Å². The lowest BCUT2D eigenvalue weighted by atomic mass is 10.2. The summed E-state index contributed by atoms with van der Waals surface area (Å²) in [4.78, 5) is 11.6. The summed E-state index contributed by atoms with van der Waals surface area (Å²) in [5.41, 5.74) is 5.37. The number of hydrogen-bond acceptors (Lipinski definition) is 4. The molecule has 1 aromatic carbocycles. The molecule has 1 atom stereocenters. The van der Waals surface area contributed by atoms with Gasteiger partial charge in [-0.2, -0.15) is 0 Å². The molecule has 0 fully saturated rings. The Morgan fingerprint density at radius 1 is 1.59 bits per heavy atom. The van der Waals surface area contributed by atoms with Crippen LogP contribution in [0.5, 0.6) is 0 Å². The Kier molecular flexibility index (Phi) is 4.86. The fourth-order valence-electron chi connectivity index (χ4n) is 1.11. The standard InChI is InChI=1S/C10H12BrFN2O3/c11-7-2-8(12)9(13)1-6(7)10(17)14-3-5(16)4-15/h1-2,5,15-16H,3-4,13H2,(H,14,17). The van der Waals surface area contributed by atoms with Crippen molar-refractivity contribution in [3.63, 3.8) is 0 Å². The number of aliphatic hydroxyl groups is 2. The molecule has 94 valence electrons. The van der Waals surface area contributed by atoms with E-state index in [1.165, 1.54) is 6.07 Å². The SMILES string of the molecule is Nc1cc(C(=O)NCC(O)CO)c(Br)cc1F. The smallest absolute Gasteiger partial charge is 0.252 e. The van der Waals surface area contributed by atoms with Crippen molar-refractivity contribution in [1.82, 2.24) is 5.32 Å². The molecule has 0 radical (unpaired) electrons. The van der Waals surface area contributed by atoms with Gasteiger partial charge in [-0.1, -0.05) is 0 Å². The average molecular weight is 307 g/mol. The molecule has 17 heavy (non-hydrogen) atoms. The number of aliphatic hydroxyl groups excluding tert-OH is 2. The zero-order chi connectivity index (χ0) is 13.0. The Labute approximate surface area is 106 Å². The van der Waals surface area contributed by atoms with E-state index in [9.17, 15) is 9.18 Å². The quantitative estimate of drug-likeness (QED) is 0.600. The highest BCUT2D eigenvalue weighted by molar-refractivity contribution is 9.10. The number of amides is 1. The van der Waals surface area contributed by atoms with Gasteiger partial charge in [0.05, 0.1) is 24.0 Å². The Bertz CT molecular complexity index is 428. The van der Waals surface area contributed by atoms with Crippen molar-refractivity contribution in [2.45, 2.75) is 6.10 Å². The van der Waals surface area contributed by atoms with E-state index in [0.717, 1.165) is 6.07 Å². The van der Waals surface area contributed by atoms with Gasteiger partial charge in [0.25, 0.3) is 5.91 Å². The van der Waals surface area contributed by atoms with E-state index in [4.69, 9.17) is 15.9 Å². The van der Waals surface area contributed by atoms with Crippen molar-refractivity contribution in [1.29, 1.82) is 0 Å². The molecule has 0 bridgehead atoms. The van der Waals surface area contributed by atoms with Crippen LogP contribution in [0, 0.1) is 5.82 Å². The monoisotopic (exact) mass is 306 g/mol. The fourth-order valence-corrected chi connectivity index (χ4v) is 1.61. The van der Waals surface area contributed by atoms with Crippen molar-refractivity contribution in [3.05, 3.63) is 28.0 Å². The summed E-state index contributed by atoms with van der Waals surface area (Å²) in [6, 6.07) is 2.28. The van der Waals surface area contributed by atoms with Crippen LogP contribution in [0.4, 0.5) is 10.1 Å². The first kappa shape index (κ1) is 13.9. The topological polar surface area (TPSA) is 95.6 Å². The minimum atomic E-state index is -1.03. The molecule has 1 amide bonds. The lowest BCUT2D eigenvalue weighted by Gasteiger charge is -2.10. The van der Waals surface area contributed by atoms with Crippen molar-refractivity contribution in [3.8, 4) is 0 Å². The number of carbonyl (C=O) groups is 1. The van der Waals surface area contributed by atoms with Crippen LogP contribution in [0.15, 0.2) is 16.6 Å². The van der Waals surface area contributed by atoms with Crippen LogP contribution in [0.25, 0.3) is 0 Å². The molecule has 5 nitrogen and oxygen atoms in total. The number of halogens is 2. The number of benzene rings is 1. The number of nitrogens with one attached hydrogen (secondary N) is 1. The van der Waals surface area contributed by atoms with E-state index in [0.29, 0.717) is 0 Å². The van der Waals surface area contributed by atoms with E-state index in [1.54, 1.807) is 0 Å². The van der Waals surface area contributed by atoms with Crippen molar-refractivity contribution < 1.29 is 19.4 Å². The van der Waals surface area contributed by atoms with Crippen LogP contribution >= 0.6 is 15.9 Å². The second-order valence-electron chi connectivity index (χ2n) is 3.40. The van der Waals surface area contributed by atoms with Crippen LogP contribution < -0.4 is 11.1 Å². The Hall–Kier alpha value is -1.18. The third-order valence-corrected chi connectivity index (χ3v) is 2.70. The van der Waals surface area contributed by atoms with Crippen LogP contribution in [0.1, 0.15) is 10.4 Å². The number of anilines is 1. The third kappa shape index (κ3) is 3.65. The Balaban J connectivity index is 2.79. The molecule has 7 heteroatoms. The Morgan fingerprint density at radius 3 is 2.82 bits per heavy atom. The van der Waals surface area contributed by atoms with E-state index < -0.39 is 24.4 Å². The van der Waals surface area contributed by atoms with Crippen LogP contribution in [0.3, 0.4) is 0 Å². The second-order valence-corrected chi connectivity index (χ2v) is 4.25. The predicted octanol–water partition coefficient (Wildman–Crippen LogP) is 0.253. The van der Waals surface area contributed by atoms with Gasteiger partial charge >= 0.3 is 0 Å². The van der Waals surface area contributed by atoms with E-state index in [2.05, 4.69) is 21.2 Å². The summed E-state index contributed by atoms with van der Waals surface area (Å²) in [5, 5.41) is 20.0. The van der Waals surface area contributed by atoms with E-state index in [1.807, 2.05) is 0 Å². The van der Waals surface area contributed by atoms with Gasteiger partial charge in [-0.3, -0.25) is 4.79 Å². The molecular formula is C10H12BrFN2O3. The van der Waals surface area contributed by atoms with Gasteiger partial charge in [0.2, 0.25) is 0 Å². The van der Waals surface area contributed by atoms with E-state index in [-0.39, 0.29) is 22.3 Å². The van der Waals surface area contributed by atoms with Gasteiger partial charge in [-0.05, 0) is 28.1 Å². The third-order valence-electron chi connectivity index (χ3n) is 2.04. The molecular weight excluding hydrogens is 295 g/mol. The molecule has 0 saturated carbocycles. The summed E-state index contributed by atoms with van der Waals surface area (Å²) in [6.45, 7) is -0.550. The molecule has 0 saturated heterocycles. The molecule has 1 unspecified atom stereocenters. The van der Waals surface area contributed by atoms with Gasteiger partial charge in [-0.25, -0.2) is 4.39 Å². The fraction of sp³-hybridized carbons (Fsp3) is 0.300. The first-order chi connectivity index (χ1) is 7.95. The maximum atomic E-state index is 13.0. The largest absolute Gasteiger partial charge is 0.396 e. The minimum Gasteiger partial charge on any atom is -0.396 e. The van der Waals surface area contributed by atoms with Crippen LogP contribution in [-0.4, -0.2) is 35.4 Å². The van der Waals surface area contributed by atoms with Crippen LogP contribution in [-0.2, 0) is 0 Å². The number of nitrogens with two attached hydrogens (primary N) is 1. The van der Waals surface area contributed by atoms with Gasteiger partial charge in [0, 0.05) is 11.0 Å². The highest BCUT2D eigenvalue weighted by Crippen LogP contribution is 2.22. The average Bonchev–Trinajstić information content (AvgIpc) is 2.30. The lowest BCUT2D eigenvalue weighted by molar-refractivity contribution is 0.0801. The van der Waals surface area contributed by atoms with Crippen molar-refractivity contribution in [2.75, 3.05) is 18.9 Å². The van der Waals surface area contributed by atoms with E-state index >= 15 is 0 Å². The maximum Gasteiger partial charge on any atom is 0.252 e. The number of hydrogen-bond donors (Lipinski definition) is 4. The first-order valence-corrected chi connectivity index (χ1v) is 5.56. The molecule has 0 spiro atoms. The molecule has 0 aliphatic heterocycles. The van der Waals surface area contributed by atoms with Gasteiger partial charge in [0.1, 0.15) is 5.82 Å². The second kappa shape index (κ2) is 5.95. The van der Waals surface area contributed by atoms with Gasteiger partial charge in [-0.15, -0.1) is 0 Å². The summed E-state index contributed by atoms with van der Waals surface area (Å²) in [7, 11) is 0. The van der Waals surface area contributed by atoms with Crippen molar-refractivity contribution in [2.24, 2.45) is 0 Å². The summed E-state index contributed by atoms with van der Waals surface area (Å²) in [5.74, 6) is -1.14. The molecule has 0 aliphatic carbocycles. The normalized spacial score (nSPS) is 12.2. The van der Waals surface area contributed by atoms with Gasteiger partial charge < -0.3 is 21.3 Å². The molecule has 0 aromatic heterocycles. The molecule has 5 N–H and O–H groups in total. The Morgan fingerprint density at radius 2 is 2.24 bits per heavy atom. The minimum absolute atomic E-state index is 0.0982. The summed E-state index contributed by atoms with van der Waals surface area (Å²) >= 11 is 3.04. The molecule has 0 aliphatic rings. The first-order valence-electron chi connectivity index (χ1n) is 4.77. The molecule has 1 rings (SSSR count).